The van der Waals surface area contributed by atoms with Crippen molar-refractivity contribution in [3.8, 4) is 11.5 Å². The number of piperazine rings is 1. The van der Waals surface area contributed by atoms with Crippen molar-refractivity contribution in [3.05, 3.63) is 77.9 Å². The maximum Gasteiger partial charge on any atom is 0.261 e. The highest BCUT2D eigenvalue weighted by molar-refractivity contribution is 7.92. The number of benzene rings is 3. The van der Waals surface area contributed by atoms with E-state index in [1.807, 2.05) is 43.3 Å². The molecule has 0 spiro atoms. The second kappa shape index (κ2) is 10.9. The van der Waals surface area contributed by atoms with Crippen LogP contribution in [-0.4, -0.2) is 59.1 Å². The molecule has 9 heteroatoms. The van der Waals surface area contributed by atoms with Crippen LogP contribution in [0.15, 0.2) is 71.6 Å². The molecule has 1 heterocycles. The Labute approximate surface area is 212 Å². The van der Waals surface area contributed by atoms with E-state index >= 15 is 0 Å². The van der Waals surface area contributed by atoms with Gasteiger partial charge >= 0.3 is 0 Å². The molecule has 0 atom stereocenters. The van der Waals surface area contributed by atoms with Gasteiger partial charge in [0.2, 0.25) is 0 Å². The van der Waals surface area contributed by atoms with Gasteiger partial charge in [0.25, 0.3) is 15.9 Å². The van der Waals surface area contributed by atoms with E-state index in [1.165, 1.54) is 6.07 Å². The molecular weight excluding hydrogens is 478 g/mol. The predicted octanol–water partition coefficient (Wildman–Crippen LogP) is 3.84. The Morgan fingerprint density at radius 3 is 2.19 bits per heavy atom. The minimum atomic E-state index is -3.74. The highest BCUT2D eigenvalue weighted by atomic mass is 32.2. The first-order chi connectivity index (χ1) is 17.2. The molecule has 190 valence electrons. The molecule has 0 unspecified atom stereocenters. The number of sulfonamides is 1. The number of nitrogens with one attached hydrogen (secondary N) is 1. The summed E-state index contributed by atoms with van der Waals surface area (Å²) >= 11 is 0. The molecule has 1 fully saturated rings. The number of hydrogen-bond donors (Lipinski definition) is 1. The van der Waals surface area contributed by atoms with Crippen LogP contribution in [0.25, 0.3) is 0 Å². The summed E-state index contributed by atoms with van der Waals surface area (Å²) in [6.45, 7) is 6.28. The summed E-state index contributed by atoms with van der Waals surface area (Å²) in [6, 6.07) is 19.6. The number of carbonyl (C=O) groups excluding carboxylic acids is 1. The average molecular weight is 510 g/mol. The Kier molecular flexibility index (Phi) is 7.69. The number of rotatable bonds is 8. The second-order valence-corrected chi connectivity index (χ2v) is 10.4. The quantitative estimate of drug-likeness (QED) is 0.497. The smallest absolute Gasteiger partial charge is 0.261 e. The van der Waals surface area contributed by atoms with E-state index in [9.17, 15) is 13.2 Å². The van der Waals surface area contributed by atoms with Gasteiger partial charge in [0.1, 0.15) is 11.5 Å². The van der Waals surface area contributed by atoms with E-state index in [0.29, 0.717) is 30.1 Å². The third-order valence-corrected chi connectivity index (χ3v) is 7.56. The lowest BCUT2D eigenvalue weighted by molar-refractivity contribution is -0.133. The van der Waals surface area contributed by atoms with E-state index in [4.69, 9.17) is 9.47 Å². The number of hydrogen-bond acceptors (Lipinski definition) is 6. The SMILES string of the molecule is COc1ccc(N2CCN(C(=O)COc3ccc(S(=O)(=O)Nc4ccc(C)cc4)cc3C)CC2)cc1. The van der Waals surface area contributed by atoms with Crippen molar-refractivity contribution in [3.63, 3.8) is 0 Å². The van der Waals surface area contributed by atoms with Crippen molar-refractivity contribution in [1.29, 1.82) is 0 Å². The van der Waals surface area contributed by atoms with E-state index in [1.54, 1.807) is 43.2 Å². The van der Waals surface area contributed by atoms with E-state index in [-0.39, 0.29) is 17.4 Å². The molecule has 4 rings (SSSR count). The number of nitrogens with zero attached hydrogens (tertiary/aromatic N) is 2. The highest BCUT2D eigenvalue weighted by Crippen LogP contribution is 2.24. The average Bonchev–Trinajstić information content (AvgIpc) is 2.89. The lowest BCUT2D eigenvalue weighted by Crippen LogP contribution is -2.50. The zero-order valence-electron chi connectivity index (χ0n) is 20.7. The van der Waals surface area contributed by atoms with Crippen LogP contribution in [0.2, 0.25) is 0 Å². The molecule has 8 nitrogen and oxygen atoms in total. The molecule has 3 aromatic carbocycles. The van der Waals surface area contributed by atoms with Gasteiger partial charge in [-0.1, -0.05) is 17.7 Å². The zero-order chi connectivity index (χ0) is 25.7. The van der Waals surface area contributed by atoms with Crippen LogP contribution in [0, 0.1) is 13.8 Å². The fraction of sp³-hybridized carbons (Fsp3) is 0.296. The fourth-order valence-electron chi connectivity index (χ4n) is 4.02. The number of carbonyl (C=O) groups is 1. The van der Waals surface area contributed by atoms with Crippen molar-refractivity contribution in [2.75, 3.05) is 49.5 Å². The van der Waals surface area contributed by atoms with Crippen LogP contribution in [0.4, 0.5) is 11.4 Å². The molecule has 0 radical (unpaired) electrons. The standard InChI is InChI=1S/C27H31N3O5S/c1-20-4-6-22(7-5-20)28-36(32,33)25-12-13-26(21(2)18-25)35-19-27(31)30-16-14-29(15-17-30)23-8-10-24(34-3)11-9-23/h4-13,18,28H,14-17,19H2,1-3H3. The Morgan fingerprint density at radius 1 is 0.917 bits per heavy atom. The first-order valence-electron chi connectivity index (χ1n) is 11.7. The van der Waals surface area contributed by atoms with Crippen molar-refractivity contribution in [1.82, 2.24) is 4.90 Å². The first-order valence-corrected chi connectivity index (χ1v) is 13.2. The number of anilines is 2. The molecule has 1 amide bonds. The summed E-state index contributed by atoms with van der Waals surface area (Å²) in [6.07, 6.45) is 0. The zero-order valence-corrected chi connectivity index (χ0v) is 21.5. The molecule has 1 aliphatic rings. The van der Waals surface area contributed by atoms with E-state index in [0.717, 1.165) is 30.1 Å². The summed E-state index contributed by atoms with van der Waals surface area (Å²) in [7, 11) is -2.10. The number of ether oxygens (including phenoxy) is 2. The highest BCUT2D eigenvalue weighted by Gasteiger charge is 2.22. The molecule has 1 aliphatic heterocycles. The van der Waals surface area contributed by atoms with Crippen LogP contribution in [-0.2, 0) is 14.8 Å². The lowest BCUT2D eigenvalue weighted by Gasteiger charge is -2.36. The maximum atomic E-state index is 12.8. The number of methoxy groups -OCH3 is 1. The molecule has 1 saturated heterocycles. The van der Waals surface area contributed by atoms with Crippen LogP contribution in [0.5, 0.6) is 11.5 Å². The van der Waals surface area contributed by atoms with Crippen molar-refractivity contribution < 1.29 is 22.7 Å². The van der Waals surface area contributed by atoms with Crippen LogP contribution in [0.3, 0.4) is 0 Å². The molecule has 0 saturated carbocycles. The van der Waals surface area contributed by atoms with E-state index in [2.05, 4.69) is 9.62 Å². The Balaban J connectivity index is 1.30. The van der Waals surface area contributed by atoms with Crippen molar-refractivity contribution in [2.24, 2.45) is 0 Å². The summed E-state index contributed by atoms with van der Waals surface area (Å²) in [5.74, 6) is 1.20. The predicted molar refractivity (Wildman–Crippen MR) is 140 cm³/mol. The summed E-state index contributed by atoms with van der Waals surface area (Å²) in [4.78, 5) is 16.9. The third kappa shape index (κ3) is 6.09. The minimum Gasteiger partial charge on any atom is -0.497 e. The van der Waals surface area contributed by atoms with Gasteiger partial charge in [0.15, 0.2) is 6.61 Å². The van der Waals surface area contributed by atoms with Crippen LogP contribution >= 0.6 is 0 Å². The van der Waals surface area contributed by atoms with Gasteiger partial charge in [-0.25, -0.2) is 8.42 Å². The molecule has 3 aromatic rings. The normalized spacial score (nSPS) is 13.9. The Morgan fingerprint density at radius 2 is 1.58 bits per heavy atom. The van der Waals surface area contributed by atoms with Gasteiger partial charge in [-0.2, -0.15) is 0 Å². The molecular formula is C27H31N3O5S. The molecule has 0 bridgehead atoms. The van der Waals surface area contributed by atoms with Crippen molar-refractivity contribution in [2.45, 2.75) is 18.7 Å². The topological polar surface area (TPSA) is 88.2 Å². The summed E-state index contributed by atoms with van der Waals surface area (Å²) < 4.78 is 39.1. The Hall–Kier alpha value is -3.72. The number of aryl methyl sites for hydroxylation is 2. The Bertz CT molecular complexity index is 1300. The summed E-state index contributed by atoms with van der Waals surface area (Å²) in [5, 5.41) is 0. The maximum absolute atomic E-state index is 12.8. The largest absolute Gasteiger partial charge is 0.497 e. The second-order valence-electron chi connectivity index (χ2n) is 8.75. The number of amides is 1. The minimum absolute atomic E-state index is 0.0958. The van der Waals surface area contributed by atoms with Crippen LogP contribution in [0.1, 0.15) is 11.1 Å². The summed E-state index contributed by atoms with van der Waals surface area (Å²) in [5.41, 5.74) is 3.28. The van der Waals surface area contributed by atoms with Gasteiger partial charge in [-0.05, 0) is 74.0 Å². The third-order valence-electron chi connectivity index (χ3n) is 6.18. The monoisotopic (exact) mass is 509 g/mol. The van der Waals surface area contributed by atoms with Gasteiger partial charge in [0, 0.05) is 37.6 Å². The molecule has 0 aliphatic carbocycles. The van der Waals surface area contributed by atoms with Crippen molar-refractivity contribution >= 4 is 27.3 Å². The molecule has 36 heavy (non-hydrogen) atoms. The van der Waals surface area contributed by atoms with E-state index < -0.39 is 10.0 Å². The lowest BCUT2D eigenvalue weighted by atomic mass is 10.2. The first kappa shape index (κ1) is 25.4. The van der Waals surface area contributed by atoms with Gasteiger partial charge < -0.3 is 19.3 Å². The molecule has 1 N–H and O–H groups in total. The van der Waals surface area contributed by atoms with Gasteiger partial charge in [-0.3, -0.25) is 9.52 Å². The fourth-order valence-corrected chi connectivity index (χ4v) is 5.17. The molecule has 0 aromatic heterocycles. The van der Waals surface area contributed by atoms with Gasteiger partial charge in [0.05, 0.1) is 12.0 Å². The van der Waals surface area contributed by atoms with Crippen LogP contribution < -0.4 is 19.1 Å². The van der Waals surface area contributed by atoms with Gasteiger partial charge in [-0.15, -0.1) is 0 Å².